The van der Waals surface area contributed by atoms with Crippen LogP contribution in [0.25, 0.3) is 0 Å². The summed E-state index contributed by atoms with van der Waals surface area (Å²) in [4.78, 5) is 0. The van der Waals surface area contributed by atoms with E-state index in [-0.39, 0.29) is 0 Å². The highest BCUT2D eigenvalue weighted by molar-refractivity contribution is 5.36. The lowest BCUT2D eigenvalue weighted by Crippen LogP contribution is -2.25. The maximum absolute atomic E-state index is 6.11. The Kier molecular flexibility index (Phi) is 4.41. The molecule has 2 unspecified atom stereocenters. The zero-order valence-corrected chi connectivity index (χ0v) is 11.8. The summed E-state index contributed by atoms with van der Waals surface area (Å²) in [5.74, 6) is 0.566. The first-order chi connectivity index (χ1) is 8.61. The molecule has 0 heterocycles. The van der Waals surface area contributed by atoms with Gasteiger partial charge in [0.05, 0.1) is 12.7 Å². The van der Waals surface area contributed by atoms with Crippen molar-refractivity contribution in [2.45, 2.75) is 52.7 Å². The van der Waals surface area contributed by atoms with E-state index in [1.807, 2.05) is 0 Å². The molecule has 100 valence electrons. The van der Waals surface area contributed by atoms with Crippen LogP contribution in [0.5, 0.6) is 0 Å². The first-order valence-electron chi connectivity index (χ1n) is 7.00. The number of benzene rings is 1. The summed E-state index contributed by atoms with van der Waals surface area (Å²) < 4.78 is 6.11. The van der Waals surface area contributed by atoms with Gasteiger partial charge < -0.3 is 10.5 Å². The van der Waals surface area contributed by atoms with Gasteiger partial charge in [-0.15, -0.1) is 0 Å². The summed E-state index contributed by atoms with van der Waals surface area (Å²) >= 11 is 0. The standard InChI is InChI=1S/C16H25NO/c1-11-7-12(2)15(13(3)8-11)10-18-16-6-4-5-14(16)9-17/h7-8,14,16H,4-6,9-10,17H2,1-3H3. The third kappa shape index (κ3) is 2.93. The molecule has 0 amide bonds. The molecule has 2 nitrogen and oxygen atoms in total. The van der Waals surface area contributed by atoms with Gasteiger partial charge in [-0.05, 0) is 62.8 Å². The number of hydrogen-bond donors (Lipinski definition) is 1. The summed E-state index contributed by atoms with van der Waals surface area (Å²) in [6, 6.07) is 4.47. The fraction of sp³-hybridized carbons (Fsp3) is 0.625. The van der Waals surface area contributed by atoms with E-state index >= 15 is 0 Å². The number of rotatable bonds is 4. The van der Waals surface area contributed by atoms with Crippen LogP contribution in [0.15, 0.2) is 12.1 Å². The zero-order chi connectivity index (χ0) is 13.1. The molecule has 2 N–H and O–H groups in total. The van der Waals surface area contributed by atoms with E-state index in [2.05, 4.69) is 32.9 Å². The first kappa shape index (κ1) is 13.6. The van der Waals surface area contributed by atoms with Gasteiger partial charge in [0.15, 0.2) is 0 Å². The van der Waals surface area contributed by atoms with E-state index in [1.54, 1.807) is 0 Å². The van der Waals surface area contributed by atoms with Crippen molar-refractivity contribution >= 4 is 0 Å². The molecule has 0 aliphatic heterocycles. The van der Waals surface area contributed by atoms with E-state index < -0.39 is 0 Å². The van der Waals surface area contributed by atoms with Crippen molar-refractivity contribution in [1.29, 1.82) is 0 Å². The van der Waals surface area contributed by atoms with Crippen LogP contribution in [0, 0.1) is 26.7 Å². The van der Waals surface area contributed by atoms with Gasteiger partial charge in [-0.25, -0.2) is 0 Å². The van der Waals surface area contributed by atoms with Crippen LogP contribution >= 0.6 is 0 Å². The number of ether oxygens (including phenoxy) is 1. The lowest BCUT2D eigenvalue weighted by molar-refractivity contribution is 0.0178. The summed E-state index contributed by atoms with van der Waals surface area (Å²) in [5, 5.41) is 0. The molecule has 1 aliphatic rings. The normalized spacial score (nSPS) is 23.6. The van der Waals surface area contributed by atoms with Gasteiger partial charge in [0, 0.05) is 0 Å². The Bertz CT molecular complexity index is 391. The monoisotopic (exact) mass is 247 g/mol. The molecule has 1 fully saturated rings. The number of aryl methyl sites for hydroxylation is 3. The lowest BCUT2D eigenvalue weighted by Gasteiger charge is -2.20. The third-order valence-corrected chi connectivity index (χ3v) is 4.17. The Balaban J connectivity index is 2.02. The van der Waals surface area contributed by atoms with Crippen molar-refractivity contribution in [3.8, 4) is 0 Å². The van der Waals surface area contributed by atoms with E-state index in [4.69, 9.17) is 10.5 Å². The molecule has 1 saturated carbocycles. The second kappa shape index (κ2) is 5.85. The average molecular weight is 247 g/mol. The summed E-state index contributed by atoms with van der Waals surface area (Å²) in [5.41, 5.74) is 11.2. The molecular formula is C16H25NO. The average Bonchev–Trinajstić information content (AvgIpc) is 2.75. The molecule has 1 aliphatic carbocycles. The van der Waals surface area contributed by atoms with Crippen molar-refractivity contribution in [3.05, 3.63) is 34.4 Å². The molecule has 18 heavy (non-hydrogen) atoms. The molecular weight excluding hydrogens is 222 g/mol. The zero-order valence-electron chi connectivity index (χ0n) is 11.8. The molecule has 2 atom stereocenters. The molecule has 0 bridgehead atoms. The van der Waals surface area contributed by atoms with Crippen LogP contribution in [-0.2, 0) is 11.3 Å². The smallest absolute Gasteiger partial charge is 0.0725 e. The Labute approximate surface area is 111 Å². The summed E-state index contributed by atoms with van der Waals surface area (Å²) in [7, 11) is 0. The van der Waals surface area contributed by atoms with Crippen molar-refractivity contribution < 1.29 is 4.74 Å². The fourth-order valence-electron chi connectivity index (χ4n) is 3.12. The second-order valence-corrected chi connectivity index (χ2v) is 5.65. The minimum atomic E-state index is 0.370. The van der Waals surface area contributed by atoms with Crippen LogP contribution in [-0.4, -0.2) is 12.6 Å². The topological polar surface area (TPSA) is 35.2 Å². The van der Waals surface area contributed by atoms with E-state index in [0.29, 0.717) is 12.0 Å². The molecule has 0 spiro atoms. The highest BCUT2D eigenvalue weighted by atomic mass is 16.5. The van der Waals surface area contributed by atoms with Gasteiger partial charge in [0.2, 0.25) is 0 Å². The predicted octanol–water partition coefficient (Wildman–Crippen LogP) is 3.26. The van der Waals surface area contributed by atoms with Crippen molar-refractivity contribution in [2.75, 3.05) is 6.54 Å². The summed E-state index contributed by atoms with van der Waals surface area (Å²) in [6.45, 7) is 7.99. The Morgan fingerprint density at radius 3 is 2.44 bits per heavy atom. The van der Waals surface area contributed by atoms with Gasteiger partial charge in [0.25, 0.3) is 0 Å². The van der Waals surface area contributed by atoms with Crippen molar-refractivity contribution in [1.82, 2.24) is 0 Å². The maximum Gasteiger partial charge on any atom is 0.0725 e. The highest BCUT2D eigenvalue weighted by Crippen LogP contribution is 2.29. The van der Waals surface area contributed by atoms with Crippen molar-refractivity contribution in [2.24, 2.45) is 11.7 Å². The van der Waals surface area contributed by atoms with E-state index in [9.17, 15) is 0 Å². The van der Waals surface area contributed by atoms with E-state index in [0.717, 1.165) is 13.2 Å². The van der Waals surface area contributed by atoms with Crippen molar-refractivity contribution in [3.63, 3.8) is 0 Å². The van der Waals surface area contributed by atoms with Crippen LogP contribution in [0.4, 0.5) is 0 Å². The number of nitrogens with two attached hydrogens (primary N) is 1. The van der Waals surface area contributed by atoms with Crippen LogP contribution in [0.1, 0.15) is 41.5 Å². The quantitative estimate of drug-likeness (QED) is 0.886. The molecule has 2 heteroatoms. The van der Waals surface area contributed by atoms with Crippen LogP contribution in [0.2, 0.25) is 0 Å². The molecule has 1 aromatic rings. The largest absolute Gasteiger partial charge is 0.373 e. The highest BCUT2D eigenvalue weighted by Gasteiger charge is 2.26. The van der Waals surface area contributed by atoms with E-state index in [1.165, 1.54) is 41.5 Å². The molecule has 0 aromatic heterocycles. The van der Waals surface area contributed by atoms with Gasteiger partial charge in [-0.1, -0.05) is 24.1 Å². The second-order valence-electron chi connectivity index (χ2n) is 5.65. The summed E-state index contributed by atoms with van der Waals surface area (Å²) in [6.07, 6.45) is 4.03. The molecule has 2 rings (SSSR count). The Hall–Kier alpha value is -0.860. The SMILES string of the molecule is Cc1cc(C)c(COC2CCCC2CN)c(C)c1. The Morgan fingerprint density at radius 1 is 1.17 bits per heavy atom. The molecule has 0 saturated heterocycles. The fourth-order valence-corrected chi connectivity index (χ4v) is 3.12. The van der Waals surface area contributed by atoms with Gasteiger partial charge in [0.1, 0.15) is 0 Å². The van der Waals surface area contributed by atoms with Gasteiger partial charge >= 0.3 is 0 Å². The maximum atomic E-state index is 6.11. The molecule has 0 radical (unpaired) electrons. The first-order valence-corrected chi connectivity index (χ1v) is 7.00. The van der Waals surface area contributed by atoms with Gasteiger partial charge in [-0.2, -0.15) is 0 Å². The van der Waals surface area contributed by atoms with Gasteiger partial charge in [-0.3, -0.25) is 0 Å². The van der Waals surface area contributed by atoms with Crippen LogP contribution in [0.3, 0.4) is 0 Å². The minimum Gasteiger partial charge on any atom is -0.373 e. The minimum absolute atomic E-state index is 0.370. The number of hydrogen-bond acceptors (Lipinski definition) is 2. The molecule has 1 aromatic carbocycles. The third-order valence-electron chi connectivity index (χ3n) is 4.17. The lowest BCUT2D eigenvalue weighted by atomic mass is 10.0. The predicted molar refractivity (Wildman–Crippen MR) is 75.6 cm³/mol. The Morgan fingerprint density at radius 2 is 1.83 bits per heavy atom. The van der Waals surface area contributed by atoms with Crippen LogP contribution < -0.4 is 5.73 Å².